The van der Waals surface area contributed by atoms with E-state index < -0.39 is 0 Å². The molecule has 2 aromatic heterocycles. The molecule has 3 rings (SSSR count). The molecule has 0 aliphatic carbocycles. The summed E-state index contributed by atoms with van der Waals surface area (Å²) in [6, 6.07) is 2.03. The van der Waals surface area contributed by atoms with Gasteiger partial charge < -0.3 is 14.5 Å². The van der Waals surface area contributed by atoms with Gasteiger partial charge in [-0.1, -0.05) is 0 Å². The number of ether oxygens (including phenoxy) is 1. The number of anilines is 1. The van der Waals surface area contributed by atoms with E-state index in [1.807, 2.05) is 4.90 Å². The molecule has 1 aliphatic heterocycles. The molecule has 0 N–H and O–H groups in total. The Bertz CT molecular complexity index is 796. The minimum absolute atomic E-state index is 0.00652. The highest BCUT2D eigenvalue weighted by Crippen LogP contribution is 2.38. The highest BCUT2D eigenvalue weighted by atomic mass is 16.6. The maximum absolute atomic E-state index is 11.7. The SMILES string of the molecule is COc1nc(N2CCC(N(C)C)CC2)c([N+](=O)[O-])cc1-c1cnn(C)c1. The van der Waals surface area contributed by atoms with E-state index in [1.54, 1.807) is 24.1 Å². The van der Waals surface area contributed by atoms with Crippen molar-refractivity contribution >= 4 is 11.5 Å². The molecule has 0 saturated carbocycles. The van der Waals surface area contributed by atoms with E-state index in [2.05, 4.69) is 29.1 Å². The summed E-state index contributed by atoms with van der Waals surface area (Å²) >= 11 is 0. The Labute approximate surface area is 152 Å². The number of aromatic nitrogens is 3. The van der Waals surface area contributed by atoms with Crippen LogP contribution in [0.1, 0.15) is 12.8 Å². The van der Waals surface area contributed by atoms with Crippen molar-refractivity contribution in [3.05, 3.63) is 28.6 Å². The molecule has 1 saturated heterocycles. The molecule has 0 spiro atoms. The zero-order valence-electron chi connectivity index (χ0n) is 15.5. The Balaban J connectivity index is 1.99. The van der Waals surface area contributed by atoms with Gasteiger partial charge in [0.15, 0.2) is 0 Å². The molecule has 0 bridgehead atoms. The van der Waals surface area contributed by atoms with Gasteiger partial charge in [0.2, 0.25) is 11.7 Å². The van der Waals surface area contributed by atoms with Crippen molar-refractivity contribution in [2.24, 2.45) is 7.05 Å². The van der Waals surface area contributed by atoms with Crippen LogP contribution in [-0.4, -0.2) is 64.9 Å². The highest BCUT2D eigenvalue weighted by molar-refractivity contribution is 5.75. The first kappa shape index (κ1) is 18.1. The van der Waals surface area contributed by atoms with E-state index >= 15 is 0 Å². The fourth-order valence-corrected chi connectivity index (χ4v) is 3.36. The van der Waals surface area contributed by atoms with Crippen LogP contribution >= 0.6 is 0 Å². The van der Waals surface area contributed by atoms with Gasteiger partial charge >= 0.3 is 5.69 Å². The van der Waals surface area contributed by atoms with E-state index in [9.17, 15) is 10.1 Å². The number of methoxy groups -OCH3 is 1. The molecule has 26 heavy (non-hydrogen) atoms. The van der Waals surface area contributed by atoms with E-state index in [4.69, 9.17) is 4.74 Å². The molecule has 3 heterocycles. The quantitative estimate of drug-likeness (QED) is 0.594. The van der Waals surface area contributed by atoms with E-state index in [-0.39, 0.29) is 10.6 Å². The Morgan fingerprint density at radius 2 is 2.04 bits per heavy atom. The molecule has 2 aromatic rings. The fraction of sp³-hybridized carbons (Fsp3) is 0.529. The predicted molar refractivity (Wildman–Crippen MR) is 98.6 cm³/mol. The standard InChI is InChI=1S/C17H24N6O3/c1-20(2)13-5-7-22(8-6-13)16-15(23(24)25)9-14(17(19-16)26-4)12-10-18-21(3)11-12/h9-11,13H,5-8H2,1-4H3. The van der Waals surface area contributed by atoms with Crippen LogP contribution in [0.15, 0.2) is 18.5 Å². The predicted octanol–water partition coefficient (Wildman–Crippen LogP) is 1.93. The van der Waals surface area contributed by atoms with Crippen molar-refractivity contribution in [2.75, 3.05) is 39.2 Å². The van der Waals surface area contributed by atoms with Gasteiger partial charge in [0, 0.05) is 44.0 Å². The van der Waals surface area contributed by atoms with Gasteiger partial charge in [0.1, 0.15) is 0 Å². The van der Waals surface area contributed by atoms with E-state index in [1.165, 1.54) is 13.2 Å². The second-order valence-electron chi connectivity index (χ2n) is 6.73. The molecule has 0 radical (unpaired) electrons. The molecular weight excluding hydrogens is 336 g/mol. The second kappa shape index (κ2) is 7.28. The van der Waals surface area contributed by atoms with Gasteiger partial charge in [-0.3, -0.25) is 14.8 Å². The fourth-order valence-electron chi connectivity index (χ4n) is 3.36. The minimum Gasteiger partial charge on any atom is -0.480 e. The third-order valence-electron chi connectivity index (χ3n) is 4.85. The molecule has 0 unspecified atom stereocenters. The Hall–Kier alpha value is -2.68. The first-order chi connectivity index (χ1) is 12.4. The molecule has 9 nitrogen and oxygen atoms in total. The maximum Gasteiger partial charge on any atom is 0.312 e. The minimum atomic E-state index is -0.375. The summed E-state index contributed by atoms with van der Waals surface area (Å²) < 4.78 is 7.07. The molecule has 9 heteroatoms. The molecule has 1 aliphatic rings. The molecule has 140 valence electrons. The van der Waals surface area contributed by atoms with Crippen LogP contribution in [0.2, 0.25) is 0 Å². The van der Waals surface area contributed by atoms with Crippen LogP contribution in [-0.2, 0) is 7.05 Å². The van der Waals surface area contributed by atoms with Crippen LogP contribution in [0, 0.1) is 10.1 Å². The molecule has 0 amide bonds. The zero-order valence-corrected chi connectivity index (χ0v) is 15.5. The van der Waals surface area contributed by atoms with E-state index in [0.29, 0.717) is 23.3 Å². The van der Waals surface area contributed by atoms with Crippen LogP contribution < -0.4 is 9.64 Å². The van der Waals surface area contributed by atoms with Crippen molar-refractivity contribution < 1.29 is 9.66 Å². The number of rotatable bonds is 5. The van der Waals surface area contributed by atoms with Gasteiger partial charge in [0.25, 0.3) is 0 Å². The van der Waals surface area contributed by atoms with Crippen molar-refractivity contribution in [1.82, 2.24) is 19.7 Å². The lowest BCUT2D eigenvalue weighted by molar-refractivity contribution is -0.384. The molecule has 0 atom stereocenters. The topological polar surface area (TPSA) is 89.6 Å². The molecule has 1 fully saturated rings. The lowest BCUT2D eigenvalue weighted by Crippen LogP contribution is -2.42. The maximum atomic E-state index is 11.7. The smallest absolute Gasteiger partial charge is 0.312 e. The van der Waals surface area contributed by atoms with Gasteiger partial charge in [-0.05, 0) is 26.9 Å². The summed E-state index contributed by atoms with van der Waals surface area (Å²) in [4.78, 5) is 20.0. The number of nitrogens with zero attached hydrogens (tertiary/aromatic N) is 6. The van der Waals surface area contributed by atoms with Crippen molar-refractivity contribution in [3.8, 4) is 17.0 Å². The number of hydrogen-bond donors (Lipinski definition) is 0. The van der Waals surface area contributed by atoms with Gasteiger partial charge in [-0.2, -0.15) is 10.1 Å². The summed E-state index contributed by atoms with van der Waals surface area (Å²) in [7, 11) is 7.44. The summed E-state index contributed by atoms with van der Waals surface area (Å²) in [6.45, 7) is 1.46. The Morgan fingerprint density at radius 1 is 1.35 bits per heavy atom. The largest absolute Gasteiger partial charge is 0.480 e. The summed E-state index contributed by atoms with van der Waals surface area (Å²) in [5, 5.41) is 15.8. The highest BCUT2D eigenvalue weighted by Gasteiger charge is 2.29. The van der Waals surface area contributed by atoms with Crippen LogP contribution in [0.5, 0.6) is 5.88 Å². The monoisotopic (exact) mass is 360 g/mol. The average Bonchev–Trinajstić information content (AvgIpc) is 3.06. The lowest BCUT2D eigenvalue weighted by Gasteiger charge is -2.35. The Kier molecular flexibility index (Phi) is 5.08. The number of piperidine rings is 1. The number of hydrogen-bond acceptors (Lipinski definition) is 7. The zero-order chi connectivity index (χ0) is 18.8. The number of pyridine rings is 1. The normalized spacial score (nSPS) is 15.5. The third kappa shape index (κ3) is 3.48. The summed E-state index contributed by atoms with van der Waals surface area (Å²) in [6.07, 6.45) is 5.31. The van der Waals surface area contributed by atoms with Gasteiger partial charge in [-0.15, -0.1) is 0 Å². The van der Waals surface area contributed by atoms with Crippen molar-refractivity contribution in [1.29, 1.82) is 0 Å². The summed E-state index contributed by atoms with van der Waals surface area (Å²) in [5.74, 6) is 0.741. The molecule has 0 aromatic carbocycles. The summed E-state index contributed by atoms with van der Waals surface area (Å²) in [5.41, 5.74) is 1.30. The first-order valence-electron chi connectivity index (χ1n) is 8.54. The second-order valence-corrected chi connectivity index (χ2v) is 6.73. The van der Waals surface area contributed by atoms with E-state index in [0.717, 1.165) is 31.5 Å². The van der Waals surface area contributed by atoms with Crippen LogP contribution in [0.3, 0.4) is 0 Å². The van der Waals surface area contributed by atoms with Crippen LogP contribution in [0.25, 0.3) is 11.1 Å². The lowest BCUT2D eigenvalue weighted by atomic mass is 10.0. The van der Waals surface area contributed by atoms with Crippen molar-refractivity contribution in [2.45, 2.75) is 18.9 Å². The number of nitro groups is 1. The first-order valence-corrected chi connectivity index (χ1v) is 8.54. The Morgan fingerprint density at radius 3 is 2.54 bits per heavy atom. The van der Waals surface area contributed by atoms with Gasteiger partial charge in [0.05, 0.1) is 23.8 Å². The van der Waals surface area contributed by atoms with Crippen molar-refractivity contribution in [3.63, 3.8) is 0 Å². The average molecular weight is 360 g/mol. The molecular formula is C17H24N6O3. The number of aryl methyl sites for hydroxylation is 1. The van der Waals surface area contributed by atoms with Crippen LogP contribution in [0.4, 0.5) is 11.5 Å². The van der Waals surface area contributed by atoms with Gasteiger partial charge in [-0.25, -0.2) is 0 Å². The third-order valence-corrected chi connectivity index (χ3v) is 4.85.